The zero-order valence-corrected chi connectivity index (χ0v) is 12.8. The van der Waals surface area contributed by atoms with Gasteiger partial charge in [0.1, 0.15) is 6.07 Å². The number of H-pyrrole nitrogens is 1. The fraction of sp³-hybridized carbons (Fsp3) is 0.0769. The Labute approximate surface area is 129 Å². The lowest BCUT2D eigenvalue weighted by atomic mass is 10.1. The number of hydrogen-bond acceptors (Lipinski definition) is 5. The molecule has 22 heavy (non-hydrogen) atoms. The number of anilines is 1. The summed E-state index contributed by atoms with van der Waals surface area (Å²) < 4.78 is 39.4. The molecule has 2 heterocycles. The Balaban J connectivity index is 2.11. The van der Waals surface area contributed by atoms with Gasteiger partial charge in [0.2, 0.25) is 4.34 Å². The second-order valence-corrected chi connectivity index (χ2v) is 7.37. The molecule has 2 N–H and O–H groups in total. The molecule has 1 aromatic carbocycles. The predicted octanol–water partition coefficient (Wildman–Crippen LogP) is 2.74. The van der Waals surface area contributed by atoms with E-state index in [4.69, 9.17) is 5.26 Å². The van der Waals surface area contributed by atoms with Crippen molar-refractivity contribution in [1.29, 1.82) is 5.26 Å². The maximum absolute atomic E-state index is 13.0. The van der Waals surface area contributed by atoms with Crippen molar-refractivity contribution < 1.29 is 12.8 Å². The first kappa shape index (κ1) is 14.5. The summed E-state index contributed by atoms with van der Waals surface area (Å²) in [5, 5.41) is 9.06. The highest BCUT2D eigenvalue weighted by atomic mass is 32.2. The first-order valence-electron chi connectivity index (χ1n) is 6.07. The van der Waals surface area contributed by atoms with Gasteiger partial charge in [-0.2, -0.15) is 18.1 Å². The minimum atomic E-state index is -3.98. The van der Waals surface area contributed by atoms with E-state index >= 15 is 0 Å². The van der Waals surface area contributed by atoms with Crippen LogP contribution in [0.1, 0.15) is 11.1 Å². The summed E-state index contributed by atoms with van der Waals surface area (Å²) in [5.74, 6) is 0. The van der Waals surface area contributed by atoms with Gasteiger partial charge in [-0.1, -0.05) is 17.4 Å². The van der Waals surface area contributed by atoms with E-state index in [2.05, 4.69) is 14.7 Å². The Morgan fingerprint density at radius 1 is 1.45 bits per heavy atom. The third kappa shape index (κ3) is 2.32. The number of halogens is 1. The van der Waals surface area contributed by atoms with E-state index in [9.17, 15) is 12.8 Å². The van der Waals surface area contributed by atoms with E-state index in [-0.39, 0.29) is 10.0 Å². The molecule has 0 amide bonds. The summed E-state index contributed by atoms with van der Waals surface area (Å²) in [5.41, 5.74) is 2.04. The van der Waals surface area contributed by atoms with Crippen LogP contribution in [0.2, 0.25) is 0 Å². The number of benzene rings is 1. The number of aryl methyl sites for hydroxylation is 1. The normalized spacial score (nSPS) is 11.5. The molecular formula is C13H9FN4O2S2. The fourth-order valence-corrected chi connectivity index (χ4v) is 4.06. The number of rotatable bonds is 3. The number of thiazole rings is 1. The van der Waals surface area contributed by atoms with E-state index in [1.807, 2.05) is 13.0 Å². The molecule has 2 aromatic heterocycles. The number of nitrogens with zero attached hydrogens (tertiary/aromatic N) is 2. The monoisotopic (exact) mass is 336 g/mol. The van der Waals surface area contributed by atoms with Crippen molar-refractivity contribution in [2.24, 2.45) is 0 Å². The summed E-state index contributed by atoms with van der Waals surface area (Å²) >= 11 is 0.441. The molecule has 0 saturated carbocycles. The molecule has 3 rings (SSSR count). The lowest BCUT2D eigenvalue weighted by molar-refractivity contribution is 0.600. The first-order chi connectivity index (χ1) is 10.4. The number of aromatic amines is 1. The number of nitriles is 1. The second-order valence-electron chi connectivity index (χ2n) is 4.53. The summed E-state index contributed by atoms with van der Waals surface area (Å²) in [6.45, 7) is 1.82. The Morgan fingerprint density at radius 3 is 2.86 bits per heavy atom. The van der Waals surface area contributed by atoms with Crippen LogP contribution in [-0.2, 0) is 10.0 Å². The molecule has 0 aliphatic rings. The maximum Gasteiger partial charge on any atom is 0.289 e. The highest BCUT2D eigenvalue weighted by Crippen LogP contribution is 2.30. The van der Waals surface area contributed by atoms with Crippen LogP contribution in [0, 0.1) is 23.4 Å². The van der Waals surface area contributed by atoms with Gasteiger partial charge in [0.15, 0.2) is 5.13 Å². The van der Waals surface area contributed by atoms with Gasteiger partial charge >= 0.3 is 0 Å². The van der Waals surface area contributed by atoms with Gasteiger partial charge in [-0.3, -0.25) is 4.72 Å². The number of sulfonamides is 1. The van der Waals surface area contributed by atoms with Crippen LogP contribution in [0.25, 0.3) is 10.9 Å². The number of aromatic nitrogens is 2. The molecular weight excluding hydrogens is 327 g/mol. The third-order valence-corrected chi connectivity index (χ3v) is 5.64. The molecule has 0 spiro atoms. The van der Waals surface area contributed by atoms with Crippen LogP contribution in [0.5, 0.6) is 0 Å². The van der Waals surface area contributed by atoms with Crippen LogP contribution >= 0.6 is 11.3 Å². The van der Waals surface area contributed by atoms with Crippen LogP contribution in [0.4, 0.5) is 10.1 Å². The fourth-order valence-electron chi connectivity index (χ4n) is 2.15. The van der Waals surface area contributed by atoms with Gasteiger partial charge in [-0.25, -0.2) is 4.98 Å². The topological polar surface area (TPSA) is 98.6 Å². The van der Waals surface area contributed by atoms with E-state index in [0.717, 1.165) is 11.8 Å². The number of nitrogens with one attached hydrogen (secondary N) is 2. The van der Waals surface area contributed by atoms with E-state index in [1.54, 1.807) is 12.1 Å². The molecule has 0 unspecified atom stereocenters. The quantitative estimate of drug-likeness (QED) is 0.768. The molecule has 0 aliphatic carbocycles. The molecule has 0 atom stereocenters. The zero-order valence-electron chi connectivity index (χ0n) is 11.2. The molecule has 0 radical (unpaired) electrons. The van der Waals surface area contributed by atoms with E-state index < -0.39 is 15.2 Å². The Hall–Kier alpha value is -2.44. The first-order valence-corrected chi connectivity index (χ1v) is 8.37. The van der Waals surface area contributed by atoms with Crippen molar-refractivity contribution in [1.82, 2.24) is 9.97 Å². The standard InChI is InChI=1S/C13H9FN4O2S2/c1-7-2-3-9(12-11(7)8(4-15)5-16-12)18-22(19,20)13-17-6-10(14)21-13/h2-3,5-6,16,18H,1H3. The second kappa shape index (κ2) is 5.08. The summed E-state index contributed by atoms with van der Waals surface area (Å²) in [6.07, 6.45) is 2.37. The van der Waals surface area contributed by atoms with E-state index in [0.29, 0.717) is 27.8 Å². The molecule has 0 aliphatic heterocycles. The van der Waals surface area contributed by atoms with Crippen molar-refractivity contribution in [2.75, 3.05) is 4.72 Å². The molecule has 0 saturated heterocycles. The molecule has 112 valence electrons. The summed E-state index contributed by atoms with van der Waals surface area (Å²) in [6, 6.07) is 5.33. The lowest BCUT2D eigenvalue weighted by Gasteiger charge is -2.08. The van der Waals surface area contributed by atoms with Crippen molar-refractivity contribution in [3.63, 3.8) is 0 Å². The van der Waals surface area contributed by atoms with Gasteiger partial charge < -0.3 is 4.98 Å². The SMILES string of the molecule is Cc1ccc(NS(=O)(=O)c2ncc(F)s2)c2[nH]cc(C#N)c12. The van der Waals surface area contributed by atoms with Gasteiger partial charge in [-0.05, 0) is 18.6 Å². The van der Waals surface area contributed by atoms with Crippen LogP contribution in [-0.4, -0.2) is 18.4 Å². The molecule has 0 fully saturated rings. The number of fused-ring (bicyclic) bond motifs is 1. The average Bonchev–Trinajstić information content (AvgIpc) is 3.08. The number of hydrogen-bond donors (Lipinski definition) is 2. The maximum atomic E-state index is 13.0. The molecule has 3 aromatic rings. The van der Waals surface area contributed by atoms with Crippen molar-refractivity contribution in [3.05, 3.63) is 40.8 Å². The van der Waals surface area contributed by atoms with Crippen molar-refractivity contribution >= 4 is 38.0 Å². The average molecular weight is 336 g/mol. The van der Waals surface area contributed by atoms with Crippen molar-refractivity contribution in [2.45, 2.75) is 11.3 Å². The Kier molecular flexibility index (Phi) is 3.35. The van der Waals surface area contributed by atoms with Crippen molar-refractivity contribution in [3.8, 4) is 6.07 Å². The molecule has 6 nitrogen and oxygen atoms in total. The van der Waals surface area contributed by atoms with Crippen LogP contribution in [0.15, 0.2) is 28.9 Å². The summed E-state index contributed by atoms with van der Waals surface area (Å²) in [7, 11) is -3.98. The molecule has 0 bridgehead atoms. The van der Waals surface area contributed by atoms with E-state index in [1.165, 1.54) is 6.20 Å². The van der Waals surface area contributed by atoms with Gasteiger partial charge in [-0.15, -0.1) is 0 Å². The molecule has 9 heteroatoms. The largest absolute Gasteiger partial charge is 0.358 e. The van der Waals surface area contributed by atoms with Gasteiger partial charge in [0.05, 0.1) is 23.0 Å². The van der Waals surface area contributed by atoms with Crippen LogP contribution in [0.3, 0.4) is 0 Å². The lowest BCUT2D eigenvalue weighted by Crippen LogP contribution is -2.13. The Bertz CT molecular complexity index is 1010. The Morgan fingerprint density at radius 2 is 2.23 bits per heavy atom. The minimum Gasteiger partial charge on any atom is -0.358 e. The zero-order chi connectivity index (χ0) is 15.9. The highest BCUT2D eigenvalue weighted by molar-refractivity contribution is 7.94. The smallest absolute Gasteiger partial charge is 0.289 e. The third-order valence-electron chi connectivity index (χ3n) is 3.09. The predicted molar refractivity (Wildman–Crippen MR) is 80.6 cm³/mol. The minimum absolute atomic E-state index is 0.276. The highest BCUT2D eigenvalue weighted by Gasteiger charge is 2.21. The summed E-state index contributed by atoms with van der Waals surface area (Å²) in [4.78, 5) is 6.42. The van der Waals surface area contributed by atoms with Gasteiger partial charge in [0.25, 0.3) is 10.0 Å². The van der Waals surface area contributed by atoms with Crippen LogP contribution < -0.4 is 4.72 Å². The van der Waals surface area contributed by atoms with Gasteiger partial charge in [0, 0.05) is 11.6 Å².